The number of epoxide rings is 1. The number of rotatable bonds is 4. The zero-order valence-corrected chi connectivity index (χ0v) is 13.9. The van der Waals surface area contributed by atoms with E-state index in [4.69, 9.17) is 4.74 Å². The number of aromatic nitrogens is 4. The van der Waals surface area contributed by atoms with Crippen LogP contribution in [0.5, 0.6) is 0 Å². The predicted octanol–water partition coefficient (Wildman–Crippen LogP) is 2.14. The SMILES string of the molecule is Cn1cnc2ccc(Cn3c(=O)n(CC4CO4)c4ccccc43)cc21. The summed E-state index contributed by atoms with van der Waals surface area (Å²) in [6.07, 6.45) is 1.98. The van der Waals surface area contributed by atoms with Gasteiger partial charge in [0.05, 0.1) is 54.2 Å². The smallest absolute Gasteiger partial charge is 0.329 e. The molecule has 0 aliphatic carbocycles. The van der Waals surface area contributed by atoms with Crippen molar-refractivity contribution in [1.29, 1.82) is 0 Å². The van der Waals surface area contributed by atoms with Crippen molar-refractivity contribution in [3.63, 3.8) is 0 Å². The Kier molecular flexibility index (Phi) is 3.08. The Bertz CT molecular complexity index is 1150. The van der Waals surface area contributed by atoms with Crippen molar-refractivity contribution in [2.45, 2.75) is 19.2 Å². The van der Waals surface area contributed by atoms with Crippen molar-refractivity contribution in [2.75, 3.05) is 6.61 Å². The van der Waals surface area contributed by atoms with Crippen molar-refractivity contribution in [1.82, 2.24) is 18.7 Å². The Hall–Kier alpha value is -2.86. The Morgan fingerprint density at radius 3 is 2.64 bits per heavy atom. The standard InChI is InChI=1S/C19H18N4O2/c1-21-12-20-15-7-6-13(8-18(15)21)9-22-16-4-2-3-5-17(16)23(19(22)24)10-14-11-25-14/h2-8,12,14H,9-11H2,1H3. The average Bonchev–Trinajstić information content (AvgIpc) is 3.34. The zero-order valence-electron chi connectivity index (χ0n) is 13.9. The molecule has 6 nitrogen and oxygen atoms in total. The van der Waals surface area contributed by atoms with Crippen LogP contribution < -0.4 is 5.69 Å². The van der Waals surface area contributed by atoms with E-state index in [0.717, 1.165) is 34.2 Å². The van der Waals surface area contributed by atoms with Gasteiger partial charge >= 0.3 is 5.69 Å². The molecule has 5 rings (SSSR count). The van der Waals surface area contributed by atoms with E-state index >= 15 is 0 Å². The molecule has 3 heterocycles. The zero-order chi connectivity index (χ0) is 17.0. The number of fused-ring (bicyclic) bond motifs is 2. The first-order chi connectivity index (χ1) is 12.2. The van der Waals surface area contributed by atoms with Crippen LogP contribution in [0.2, 0.25) is 0 Å². The lowest BCUT2D eigenvalue weighted by Gasteiger charge is -2.05. The topological polar surface area (TPSA) is 57.3 Å². The fourth-order valence-electron chi connectivity index (χ4n) is 3.43. The van der Waals surface area contributed by atoms with Crippen LogP contribution in [-0.2, 0) is 24.9 Å². The minimum atomic E-state index is 0.0156. The summed E-state index contributed by atoms with van der Waals surface area (Å²) in [6, 6.07) is 14.1. The quantitative estimate of drug-likeness (QED) is 0.537. The maximum Gasteiger partial charge on any atom is 0.329 e. The largest absolute Gasteiger partial charge is 0.371 e. The van der Waals surface area contributed by atoms with Crippen molar-refractivity contribution in [3.05, 3.63) is 64.8 Å². The monoisotopic (exact) mass is 334 g/mol. The van der Waals surface area contributed by atoms with Gasteiger partial charge in [-0.2, -0.15) is 0 Å². The van der Waals surface area contributed by atoms with Gasteiger partial charge in [-0.3, -0.25) is 9.13 Å². The molecule has 0 amide bonds. The van der Waals surface area contributed by atoms with Gasteiger partial charge in [0.25, 0.3) is 0 Å². The van der Waals surface area contributed by atoms with Crippen LogP contribution in [-0.4, -0.2) is 31.4 Å². The van der Waals surface area contributed by atoms with Gasteiger partial charge in [-0.15, -0.1) is 0 Å². The van der Waals surface area contributed by atoms with Crippen LogP contribution in [0.1, 0.15) is 5.56 Å². The van der Waals surface area contributed by atoms with Crippen LogP contribution in [0.4, 0.5) is 0 Å². The maximum atomic E-state index is 13.0. The summed E-state index contributed by atoms with van der Waals surface area (Å²) in [4.78, 5) is 17.3. The number of aryl methyl sites for hydroxylation is 1. The van der Waals surface area contributed by atoms with Gasteiger partial charge in [0.2, 0.25) is 0 Å². The molecular weight excluding hydrogens is 316 g/mol. The van der Waals surface area contributed by atoms with Crippen molar-refractivity contribution in [3.8, 4) is 0 Å². The second-order valence-corrected chi connectivity index (χ2v) is 6.60. The number of hydrogen-bond acceptors (Lipinski definition) is 3. The van der Waals surface area contributed by atoms with Gasteiger partial charge in [-0.1, -0.05) is 18.2 Å². The number of hydrogen-bond donors (Lipinski definition) is 0. The first kappa shape index (κ1) is 14.5. The van der Waals surface area contributed by atoms with Gasteiger partial charge in [0, 0.05) is 7.05 Å². The highest BCUT2D eigenvalue weighted by Gasteiger charge is 2.25. The Morgan fingerprint density at radius 1 is 1.12 bits per heavy atom. The molecule has 4 aromatic rings. The summed E-state index contributed by atoms with van der Waals surface area (Å²) in [7, 11) is 1.98. The molecule has 1 aliphatic heterocycles. The fraction of sp³-hybridized carbons (Fsp3) is 0.263. The number of imidazole rings is 2. The second kappa shape index (κ2) is 5.32. The van der Waals surface area contributed by atoms with Gasteiger partial charge in [-0.25, -0.2) is 9.78 Å². The fourth-order valence-corrected chi connectivity index (χ4v) is 3.43. The maximum absolute atomic E-state index is 13.0. The van der Waals surface area contributed by atoms with Crippen LogP contribution in [0.3, 0.4) is 0 Å². The Balaban J connectivity index is 1.62. The number of benzene rings is 2. The van der Waals surface area contributed by atoms with Gasteiger partial charge in [0.1, 0.15) is 0 Å². The number of nitrogens with zero attached hydrogens (tertiary/aromatic N) is 4. The number of para-hydroxylation sites is 2. The number of ether oxygens (including phenoxy) is 1. The van der Waals surface area contributed by atoms with Crippen LogP contribution >= 0.6 is 0 Å². The lowest BCUT2D eigenvalue weighted by molar-refractivity contribution is 0.382. The van der Waals surface area contributed by atoms with Crippen molar-refractivity contribution in [2.24, 2.45) is 7.05 Å². The molecular formula is C19H18N4O2. The molecule has 126 valence electrons. The summed E-state index contributed by atoms with van der Waals surface area (Å²) in [5.41, 5.74) is 5.06. The van der Waals surface area contributed by atoms with E-state index < -0.39 is 0 Å². The molecule has 1 unspecified atom stereocenters. The van der Waals surface area contributed by atoms with Gasteiger partial charge in [0.15, 0.2) is 0 Å². The van der Waals surface area contributed by atoms with E-state index in [1.54, 1.807) is 0 Å². The first-order valence-corrected chi connectivity index (χ1v) is 8.40. The third-order valence-electron chi connectivity index (χ3n) is 4.84. The molecule has 2 aromatic carbocycles. The molecule has 1 fully saturated rings. The lowest BCUT2D eigenvalue weighted by Crippen LogP contribution is -2.26. The van der Waals surface area contributed by atoms with E-state index in [2.05, 4.69) is 11.1 Å². The predicted molar refractivity (Wildman–Crippen MR) is 95.8 cm³/mol. The minimum absolute atomic E-state index is 0.0156. The second-order valence-electron chi connectivity index (χ2n) is 6.60. The summed E-state index contributed by atoms with van der Waals surface area (Å²) < 4.78 is 11.0. The highest BCUT2D eigenvalue weighted by molar-refractivity contribution is 5.77. The van der Waals surface area contributed by atoms with Crippen LogP contribution in [0.15, 0.2) is 53.6 Å². The molecule has 0 bridgehead atoms. The van der Waals surface area contributed by atoms with E-state index in [1.807, 2.05) is 63.5 Å². The molecule has 0 radical (unpaired) electrons. The first-order valence-electron chi connectivity index (χ1n) is 8.40. The molecule has 1 saturated heterocycles. The Labute approximate surface area is 143 Å². The molecule has 25 heavy (non-hydrogen) atoms. The third-order valence-corrected chi connectivity index (χ3v) is 4.84. The minimum Gasteiger partial charge on any atom is -0.371 e. The van der Waals surface area contributed by atoms with Crippen molar-refractivity contribution >= 4 is 22.1 Å². The highest BCUT2D eigenvalue weighted by Crippen LogP contribution is 2.20. The normalized spacial score (nSPS) is 16.8. The summed E-state index contributed by atoms with van der Waals surface area (Å²) in [6.45, 7) is 1.90. The van der Waals surface area contributed by atoms with E-state index in [1.165, 1.54) is 0 Å². The molecule has 1 aliphatic rings. The molecule has 0 saturated carbocycles. The lowest BCUT2D eigenvalue weighted by atomic mass is 10.2. The van der Waals surface area contributed by atoms with E-state index in [9.17, 15) is 4.79 Å². The van der Waals surface area contributed by atoms with Gasteiger partial charge in [-0.05, 0) is 29.8 Å². The van der Waals surface area contributed by atoms with Crippen LogP contribution in [0.25, 0.3) is 22.1 Å². The van der Waals surface area contributed by atoms with Crippen LogP contribution in [0, 0.1) is 0 Å². The molecule has 2 aromatic heterocycles. The van der Waals surface area contributed by atoms with E-state index in [-0.39, 0.29) is 11.8 Å². The summed E-state index contributed by atoms with van der Waals surface area (Å²) >= 11 is 0. The van der Waals surface area contributed by atoms with Gasteiger partial charge < -0.3 is 9.30 Å². The molecule has 1 atom stereocenters. The summed E-state index contributed by atoms with van der Waals surface area (Å²) in [5.74, 6) is 0. The molecule has 6 heteroatoms. The summed E-state index contributed by atoms with van der Waals surface area (Å²) in [5, 5.41) is 0. The van der Waals surface area contributed by atoms with Crippen molar-refractivity contribution < 1.29 is 4.74 Å². The third kappa shape index (κ3) is 2.37. The molecule has 0 spiro atoms. The van der Waals surface area contributed by atoms with E-state index in [0.29, 0.717) is 13.1 Å². The Morgan fingerprint density at radius 2 is 1.88 bits per heavy atom. The molecule has 0 N–H and O–H groups in total. The highest BCUT2D eigenvalue weighted by atomic mass is 16.6. The average molecular weight is 334 g/mol.